The summed E-state index contributed by atoms with van der Waals surface area (Å²) in [7, 11) is 0. The van der Waals surface area contributed by atoms with Gasteiger partial charge in [0, 0.05) is 23.7 Å². The third-order valence-corrected chi connectivity index (χ3v) is 3.60. The van der Waals surface area contributed by atoms with Gasteiger partial charge in [0.2, 0.25) is 0 Å². The molecule has 0 radical (unpaired) electrons. The molecule has 1 aliphatic carbocycles. The number of hydrogen-bond donors (Lipinski definition) is 1. The summed E-state index contributed by atoms with van der Waals surface area (Å²) in [5.74, 6) is 2.01. The summed E-state index contributed by atoms with van der Waals surface area (Å²) >= 11 is 0. The number of rotatable bonds is 4. The average molecular weight is 257 g/mol. The molecule has 2 heterocycles. The lowest BCUT2D eigenvalue weighted by Crippen LogP contribution is -2.21. The molecule has 0 bridgehead atoms. The summed E-state index contributed by atoms with van der Waals surface area (Å²) in [5, 5.41) is 3.50. The van der Waals surface area contributed by atoms with E-state index in [4.69, 9.17) is 4.42 Å². The Kier molecular flexibility index (Phi) is 3.49. The third kappa shape index (κ3) is 2.78. The molecule has 1 N–H and O–H groups in total. The molecule has 4 nitrogen and oxygen atoms in total. The van der Waals surface area contributed by atoms with Gasteiger partial charge in [-0.05, 0) is 44.7 Å². The van der Waals surface area contributed by atoms with E-state index >= 15 is 0 Å². The van der Waals surface area contributed by atoms with Crippen molar-refractivity contribution in [2.75, 3.05) is 5.32 Å². The van der Waals surface area contributed by atoms with Crippen molar-refractivity contribution in [1.29, 1.82) is 0 Å². The first-order chi connectivity index (χ1) is 9.33. The summed E-state index contributed by atoms with van der Waals surface area (Å²) in [6, 6.07) is 4.23. The van der Waals surface area contributed by atoms with Crippen LogP contribution in [0.25, 0.3) is 0 Å². The fourth-order valence-electron chi connectivity index (χ4n) is 2.66. The summed E-state index contributed by atoms with van der Waals surface area (Å²) in [5.41, 5.74) is 2.52. The van der Waals surface area contributed by atoms with Gasteiger partial charge in [-0.2, -0.15) is 0 Å². The van der Waals surface area contributed by atoms with E-state index in [-0.39, 0.29) is 0 Å². The molecule has 0 fully saturated rings. The third-order valence-electron chi connectivity index (χ3n) is 3.60. The van der Waals surface area contributed by atoms with Gasteiger partial charge in [0.1, 0.15) is 17.9 Å². The van der Waals surface area contributed by atoms with E-state index in [0.29, 0.717) is 6.04 Å². The predicted octanol–water partition coefficient (Wildman–Crippen LogP) is 2.99. The van der Waals surface area contributed by atoms with E-state index in [9.17, 15) is 0 Å². The first-order valence-electron chi connectivity index (χ1n) is 6.94. The zero-order valence-electron chi connectivity index (χ0n) is 11.2. The van der Waals surface area contributed by atoms with Gasteiger partial charge < -0.3 is 9.73 Å². The number of anilines is 1. The number of nitrogens with one attached hydrogen (secondary N) is 1. The molecule has 4 heteroatoms. The number of hydrogen-bond acceptors (Lipinski definition) is 4. The molecule has 100 valence electrons. The Hall–Kier alpha value is -1.84. The number of aromatic nitrogens is 2. The highest BCUT2D eigenvalue weighted by Gasteiger charge is 2.16. The highest BCUT2D eigenvalue weighted by molar-refractivity contribution is 5.47. The molecule has 1 atom stereocenters. The topological polar surface area (TPSA) is 51.0 Å². The normalized spacial score (nSPS) is 15.8. The van der Waals surface area contributed by atoms with Crippen LogP contribution in [0.5, 0.6) is 0 Å². The molecule has 0 saturated carbocycles. The zero-order valence-corrected chi connectivity index (χ0v) is 11.2. The number of nitrogens with zero attached hydrogens (tertiary/aromatic N) is 2. The van der Waals surface area contributed by atoms with E-state index in [1.54, 1.807) is 12.6 Å². The molecular formula is C15H19N3O. The van der Waals surface area contributed by atoms with Crippen molar-refractivity contribution < 1.29 is 4.42 Å². The fraction of sp³-hybridized carbons (Fsp3) is 0.467. The quantitative estimate of drug-likeness (QED) is 0.914. The van der Waals surface area contributed by atoms with Crippen LogP contribution in [0, 0.1) is 0 Å². The summed E-state index contributed by atoms with van der Waals surface area (Å²) < 4.78 is 5.38. The van der Waals surface area contributed by atoms with Gasteiger partial charge >= 0.3 is 0 Å². The maximum atomic E-state index is 5.38. The smallest absolute Gasteiger partial charge is 0.133 e. The second-order valence-corrected chi connectivity index (χ2v) is 5.18. The zero-order chi connectivity index (χ0) is 13.1. The van der Waals surface area contributed by atoms with E-state index in [2.05, 4.69) is 22.2 Å². The molecule has 0 saturated heterocycles. The fourth-order valence-corrected chi connectivity index (χ4v) is 2.66. The van der Waals surface area contributed by atoms with Crippen molar-refractivity contribution in [2.24, 2.45) is 0 Å². The molecule has 3 rings (SSSR count). The van der Waals surface area contributed by atoms with Gasteiger partial charge in [-0.3, -0.25) is 0 Å². The van der Waals surface area contributed by atoms with Gasteiger partial charge in [0.25, 0.3) is 0 Å². The van der Waals surface area contributed by atoms with Crippen molar-refractivity contribution in [3.05, 3.63) is 41.7 Å². The van der Waals surface area contributed by atoms with Crippen molar-refractivity contribution in [2.45, 2.75) is 45.1 Å². The Morgan fingerprint density at radius 3 is 3.05 bits per heavy atom. The lowest BCUT2D eigenvalue weighted by Gasteiger charge is -2.20. The Labute approximate surface area is 113 Å². The van der Waals surface area contributed by atoms with Gasteiger partial charge in [-0.25, -0.2) is 9.97 Å². The van der Waals surface area contributed by atoms with Crippen LogP contribution in [-0.2, 0) is 19.3 Å². The highest BCUT2D eigenvalue weighted by atomic mass is 16.3. The Morgan fingerprint density at radius 1 is 1.32 bits per heavy atom. The van der Waals surface area contributed by atoms with Crippen LogP contribution in [0.3, 0.4) is 0 Å². The first-order valence-corrected chi connectivity index (χ1v) is 6.94. The van der Waals surface area contributed by atoms with Gasteiger partial charge in [-0.1, -0.05) is 0 Å². The van der Waals surface area contributed by atoms with Gasteiger partial charge in [0.05, 0.1) is 6.26 Å². The van der Waals surface area contributed by atoms with Crippen LogP contribution in [0.4, 0.5) is 5.82 Å². The summed E-state index contributed by atoms with van der Waals surface area (Å²) in [6.45, 7) is 2.15. The van der Waals surface area contributed by atoms with Crippen LogP contribution in [0.15, 0.2) is 29.1 Å². The van der Waals surface area contributed by atoms with Crippen molar-refractivity contribution in [3.63, 3.8) is 0 Å². The Morgan fingerprint density at radius 2 is 2.21 bits per heavy atom. The number of furan rings is 1. The van der Waals surface area contributed by atoms with Crippen LogP contribution in [0.2, 0.25) is 0 Å². The minimum atomic E-state index is 0.298. The standard InChI is InChI=1S/C15H19N3O/c1-11(9-12-5-4-8-19-12)18-15-13-6-2-3-7-14(13)16-10-17-15/h4-5,8,10-11H,2-3,6-7,9H2,1H3,(H,16,17,18). The minimum absolute atomic E-state index is 0.298. The molecule has 1 aliphatic rings. The summed E-state index contributed by atoms with van der Waals surface area (Å²) in [4.78, 5) is 8.80. The van der Waals surface area contributed by atoms with Crippen molar-refractivity contribution in [3.8, 4) is 0 Å². The van der Waals surface area contributed by atoms with Crippen molar-refractivity contribution >= 4 is 5.82 Å². The molecule has 0 aliphatic heterocycles. The molecule has 0 aromatic carbocycles. The van der Waals surface area contributed by atoms with Crippen LogP contribution in [-0.4, -0.2) is 16.0 Å². The Bertz CT molecular complexity index is 536. The van der Waals surface area contributed by atoms with Crippen LogP contribution in [0.1, 0.15) is 36.8 Å². The van der Waals surface area contributed by atoms with Gasteiger partial charge in [0.15, 0.2) is 0 Å². The summed E-state index contributed by atoms with van der Waals surface area (Å²) in [6.07, 6.45) is 8.91. The number of fused-ring (bicyclic) bond motifs is 1. The molecule has 1 unspecified atom stereocenters. The molecule has 0 spiro atoms. The number of aryl methyl sites for hydroxylation is 1. The lowest BCUT2D eigenvalue weighted by atomic mass is 9.96. The molecular weight excluding hydrogens is 238 g/mol. The predicted molar refractivity (Wildman–Crippen MR) is 74.2 cm³/mol. The largest absolute Gasteiger partial charge is 0.469 e. The average Bonchev–Trinajstić information content (AvgIpc) is 2.92. The molecule has 2 aromatic rings. The lowest BCUT2D eigenvalue weighted by molar-refractivity contribution is 0.497. The second-order valence-electron chi connectivity index (χ2n) is 5.18. The maximum absolute atomic E-state index is 5.38. The van der Waals surface area contributed by atoms with Crippen LogP contribution < -0.4 is 5.32 Å². The van der Waals surface area contributed by atoms with E-state index in [1.807, 2.05) is 12.1 Å². The van der Waals surface area contributed by atoms with E-state index in [0.717, 1.165) is 30.8 Å². The van der Waals surface area contributed by atoms with Crippen molar-refractivity contribution in [1.82, 2.24) is 9.97 Å². The second kappa shape index (κ2) is 5.43. The SMILES string of the molecule is CC(Cc1ccco1)Nc1ncnc2c1CCCC2. The highest BCUT2D eigenvalue weighted by Crippen LogP contribution is 2.25. The first kappa shape index (κ1) is 12.2. The molecule has 2 aromatic heterocycles. The molecule has 19 heavy (non-hydrogen) atoms. The molecule has 0 amide bonds. The monoisotopic (exact) mass is 257 g/mol. The van der Waals surface area contributed by atoms with Gasteiger partial charge in [-0.15, -0.1) is 0 Å². The van der Waals surface area contributed by atoms with E-state index in [1.165, 1.54) is 24.1 Å². The minimum Gasteiger partial charge on any atom is -0.469 e. The maximum Gasteiger partial charge on any atom is 0.133 e. The van der Waals surface area contributed by atoms with Crippen LogP contribution >= 0.6 is 0 Å². The Balaban J connectivity index is 1.72. The van der Waals surface area contributed by atoms with E-state index < -0.39 is 0 Å².